The molecule has 0 bridgehead atoms. The first-order chi connectivity index (χ1) is 9.70. The molecule has 2 rings (SSSR count). The third-order valence-corrected chi connectivity index (χ3v) is 4.24. The van der Waals surface area contributed by atoms with Gasteiger partial charge in [-0.3, -0.25) is 0 Å². The van der Waals surface area contributed by atoms with E-state index >= 15 is 0 Å². The largest absolute Gasteiger partial charge is 0.396 e. The summed E-state index contributed by atoms with van der Waals surface area (Å²) in [7, 11) is 0. The van der Waals surface area contributed by atoms with Crippen LogP contribution >= 0.6 is 0 Å². The molecule has 2 atom stereocenters. The van der Waals surface area contributed by atoms with Gasteiger partial charge in [-0.1, -0.05) is 18.6 Å². The first-order valence-electron chi connectivity index (χ1n) is 7.56. The van der Waals surface area contributed by atoms with Crippen molar-refractivity contribution in [3.05, 3.63) is 35.6 Å². The van der Waals surface area contributed by atoms with Crippen molar-refractivity contribution >= 4 is 0 Å². The molecule has 0 radical (unpaired) electrons. The summed E-state index contributed by atoms with van der Waals surface area (Å²) in [5, 5.41) is 9.13. The molecule has 0 spiro atoms. The number of nitrogens with zero attached hydrogens (tertiary/aromatic N) is 1. The predicted molar refractivity (Wildman–Crippen MR) is 78.9 cm³/mol. The monoisotopic (exact) mass is 280 g/mol. The molecule has 20 heavy (non-hydrogen) atoms. The number of benzene rings is 1. The van der Waals surface area contributed by atoms with E-state index in [0.29, 0.717) is 6.04 Å². The van der Waals surface area contributed by atoms with Gasteiger partial charge in [-0.05, 0) is 49.9 Å². The number of hydrogen-bond donors (Lipinski definition) is 2. The molecule has 0 saturated carbocycles. The van der Waals surface area contributed by atoms with Crippen molar-refractivity contribution in [1.29, 1.82) is 0 Å². The normalized spacial score (nSPS) is 21.9. The fraction of sp³-hybridized carbons (Fsp3) is 0.625. The number of rotatable bonds is 6. The van der Waals surface area contributed by atoms with E-state index in [9.17, 15) is 4.39 Å². The van der Waals surface area contributed by atoms with Crippen LogP contribution in [0.15, 0.2) is 24.3 Å². The van der Waals surface area contributed by atoms with Crippen molar-refractivity contribution < 1.29 is 9.50 Å². The zero-order chi connectivity index (χ0) is 14.4. The van der Waals surface area contributed by atoms with Crippen LogP contribution in [0.3, 0.4) is 0 Å². The molecular formula is C16H25FN2O. The summed E-state index contributed by atoms with van der Waals surface area (Å²) in [6, 6.07) is 6.90. The van der Waals surface area contributed by atoms with Crippen LogP contribution in [0, 0.1) is 5.82 Å². The van der Waals surface area contributed by atoms with Crippen LogP contribution in [0.4, 0.5) is 4.39 Å². The predicted octanol–water partition coefficient (Wildman–Crippen LogP) is 2.45. The number of piperidine rings is 1. The number of likely N-dealkylation sites (tertiary alicyclic amines) is 1. The summed E-state index contributed by atoms with van der Waals surface area (Å²) in [5.41, 5.74) is 7.17. The van der Waals surface area contributed by atoms with Gasteiger partial charge < -0.3 is 15.7 Å². The van der Waals surface area contributed by atoms with Gasteiger partial charge in [-0.25, -0.2) is 4.39 Å². The van der Waals surface area contributed by atoms with Gasteiger partial charge in [0.2, 0.25) is 0 Å². The zero-order valence-electron chi connectivity index (χ0n) is 12.0. The molecule has 1 aromatic rings. The first kappa shape index (κ1) is 15.4. The van der Waals surface area contributed by atoms with Gasteiger partial charge in [0, 0.05) is 25.2 Å². The highest BCUT2D eigenvalue weighted by Gasteiger charge is 2.22. The molecule has 0 aliphatic carbocycles. The quantitative estimate of drug-likeness (QED) is 0.841. The minimum atomic E-state index is -0.222. The SMILES string of the molecule is NC(CCN1CCCCC1CCO)c1ccc(F)cc1. The lowest BCUT2D eigenvalue weighted by atomic mass is 9.98. The fourth-order valence-corrected chi connectivity index (χ4v) is 3.01. The number of nitrogens with two attached hydrogens (primary N) is 1. The molecular weight excluding hydrogens is 255 g/mol. The molecule has 0 aromatic heterocycles. The molecule has 1 saturated heterocycles. The fourth-order valence-electron chi connectivity index (χ4n) is 3.01. The van der Waals surface area contributed by atoms with E-state index in [1.807, 2.05) is 0 Å². The molecule has 1 fully saturated rings. The standard InChI is InChI=1S/C16H25FN2O/c17-14-6-4-13(5-7-14)16(18)8-11-19-10-2-1-3-15(19)9-12-20/h4-7,15-16,20H,1-3,8-12,18H2. The van der Waals surface area contributed by atoms with Gasteiger partial charge in [-0.15, -0.1) is 0 Å². The number of aliphatic hydroxyl groups excluding tert-OH is 1. The zero-order valence-corrected chi connectivity index (χ0v) is 12.0. The lowest BCUT2D eigenvalue weighted by Gasteiger charge is -2.36. The average Bonchev–Trinajstić information content (AvgIpc) is 2.47. The Balaban J connectivity index is 1.85. The van der Waals surface area contributed by atoms with E-state index in [1.165, 1.54) is 31.4 Å². The maximum absolute atomic E-state index is 12.9. The van der Waals surface area contributed by atoms with E-state index in [-0.39, 0.29) is 18.5 Å². The highest BCUT2D eigenvalue weighted by atomic mass is 19.1. The Kier molecular flexibility index (Phi) is 5.95. The molecule has 1 heterocycles. The maximum atomic E-state index is 12.9. The van der Waals surface area contributed by atoms with E-state index in [0.717, 1.165) is 31.5 Å². The molecule has 1 aliphatic heterocycles. The van der Waals surface area contributed by atoms with E-state index in [2.05, 4.69) is 4.90 Å². The third kappa shape index (κ3) is 4.27. The molecule has 112 valence electrons. The van der Waals surface area contributed by atoms with Gasteiger partial charge in [0.05, 0.1) is 0 Å². The highest BCUT2D eigenvalue weighted by Crippen LogP contribution is 2.22. The number of hydrogen-bond acceptors (Lipinski definition) is 3. The van der Waals surface area contributed by atoms with E-state index in [1.54, 1.807) is 12.1 Å². The summed E-state index contributed by atoms with van der Waals surface area (Å²) in [6.07, 6.45) is 5.38. The summed E-state index contributed by atoms with van der Waals surface area (Å²) in [6.45, 7) is 2.30. The molecule has 3 N–H and O–H groups in total. The Bertz CT molecular complexity index is 394. The Morgan fingerprint density at radius 3 is 2.75 bits per heavy atom. The number of halogens is 1. The average molecular weight is 280 g/mol. The Morgan fingerprint density at radius 2 is 2.05 bits per heavy atom. The van der Waals surface area contributed by atoms with Crippen molar-refractivity contribution in [3.8, 4) is 0 Å². The van der Waals surface area contributed by atoms with E-state index in [4.69, 9.17) is 10.8 Å². The van der Waals surface area contributed by atoms with Crippen molar-refractivity contribution in [1.82, 2.24) is 4.90 Å². The van der Waals surface area contributed by atoms with Crippen LogP contribution in [0.5, 0.6) is 0 Å². The first-order valence-corrected chi connectivity index (χ1v) is 7.56. The summed E-state index contributed by atoms with van der Waals surface area (Å²) < 4.78 is 12.9. The molecule has 2 unspecified atom stereocenters. The van der Waals surface area contributed by atoms with Crippen molar-refractivity contribution in [2.45, 2.75) is 44.2 Å². The van der Waals surface area contributed by atoms with Crippen LogP contribution < -0.4 is 5.73 Å². The van der Waals surface area contributed by atoms with Crippen molar-refractivity contribution in [2.24, 2.45) is 5.73 Å². The summed E-state index contributed by atoms with van der Waals surface area (Å²) in [4.78, 5) is 2.45. The second-order valence-electron chi connectivity index (χ2n) is 5.64. The minimum absolute atomic E-state index is 0.0488. The topological polar surface area (TPSA) is 49.5 Å². The molecule has 1 aliphatic rings. The Labute approximate surface area is 120 Å². The maximum Gasteiger partial charge on any atom is 0.123 e. The van der Waals surface area contributed by atoms with Gasteiger partial charge in [0.1, 0.15) is 5.82 Å². The molecule has 4 heteroatoms. The lowest BCUT2D eigenvalue weighted by molar-refractivity contribution is 0.116. The summed E-state index contributed by atoms with van der Waals surface area (Å²) >= 11 is 0. The minimum Gasteiger partial charge on any atom is -0.396 e. The van der Waals surface area contributed by atoms with Gasteiger partial charge in [0.15, 0.2) is 0 Å². The van der Waals surface area contributed by atoms with Crippen LogP contribution in [-0.4, -0.2) is 35.7 Å². The summed E-state index contributed by atoms with van der Waals surface area (Å²) in [5.74, 6) is -0.222. The van der Waals surface area contributed by atoms with Crippen LogP contribution in [-0.2, 0) is 0 Å². The van der Waals surface area contributed by atoms with Crippen LogP contribution in [0.25, 0.3) is 0 Å². The van der Waals surface area contributed by atoms with Gasteiger partial charge in [0.25, 0.3) is 0 Å². The smallest absolute Gasteiger partial charge is 0.123 e. The molecule has 3 nitrogen and oxygen atoms in total. The van der Waals surface area contributed by atoms with E-state index < -0.39 is 0 Å². The lowest BCUT2D eigenvalue weighted by Crippen LogP contribution is -2.41. The second kappa shape index (κ2) is 7.72. The van der Waals surface area contributed by atoms with Gasteiger partial charge >= 0.3 is 0 Å². The molecule has 0 amide bonds. The van der Waals surface area contributed by atoms with Crippen molar-refractivity contribution in [3.63, 3.8) is 0 Å². The third-order valence-electron chi connectivity index (χ3n) is 4.24. The van der Waals surface area contributed by atoms with Crippen molar-refractivity contribution in [2.75, 3.05) is 19.7 Å². The Morgan fingerprint density at radius 1 is 1.30 bits per heavy atom. The van der Waals surface area contributed by atoms with Crippen LogP contribution in [0.1, 0.15) is 43.7 Å². The van der Waals surface area contributed by atoms with Gasteiger partial charge in [-0.2, -0.15) is 0 Å². The highest BCUT2D eigenvalue weighted by molar-refractivity contribution is 5.19. The molecule has 1 aromatic carbocycles. The number of aliphatic hydroxyl groups is 1. The Hall–Kier alpha value is -0.970. The second-order valence-corrected chi connectivity index (χ2v) is 5.64. The van der Waals surface area contributed by atoms with Crippen LogP contribution in [0.2, 0.25) is 0 Å².